The molecule has 8 heteroatoms. The van der Waals surface area contributed by atoms with Gasteiger partial charge in [0.2, 0.25) is 0 Å². The number of carbonyl (C=O) groups is 2. The minimum absolute atomic E-state index is 0.116. The minimum atomic E-state index is -0.972. The van der Waals surface area contributed by atoms with Crippen molar-refractivity contribution in [2.75, 3.05) is 0 Å². The van der Waals surface area contributed by atoms with Gasteiger partial charge in [-0.05, 0) is 51.3 Å². The van der Waals surface area contributed by atoms with Crippen LogP contribution in [0, 0.1) is 0 Å². The van der Waals surface area contributed by atoms with Gasteiger partial charge in [0.15, 0.2) is 11.5 Å². The maximum Gasteiger partial charge on any atom is 0.508 e. The molecule has 0 heterocycles. The molecule has 0 radical (unpaired) electrons. The molecule has 4 N–H and O–H groups in total. The molecule has 0 saturated heterocycles. The van der Waals surface area contributed by atoms with Crippen LogP contribution >= 0.6 is 0 Å². The third kappa shape index (κ3) is 7.74. The van der Waals surface area contributed by atoms with Gasteiger partial charge in [0.25, 0.3) is 0 Å². The van der Waals surface area contributed by atoms with E-state index in [-0.39, 0.29) is 24.0 Å². The van der Waals surface area contributed by atoms with E-state index < -0.39 is 30.4 Å². The zero-order valence-electron chi connectivity index (χ0n) is 16.2. The fourth-order valence-corrected chi connectivity index (χ4v) is 2.30. The topological polar surface area (TPSA) is 128 Å². The molecule has 152 valence electrons. The van der Waals surface area contributed by atoms with Gasteiger partial charge in [-0.2, -0.15) is 0 Å². The van der Waals surface area contributed by atoms with Crippen molar-refractivity contribution in [2.45, 2.75) is 71.3 Å². The van der Waals surface area contributed by atoms with Crippen LogP contribution in [-0.2, 0) is 25.4 Å². The monoisotopic (exact) mass is 383 g/mol. The average molecular weight is 383 g/mol. The van der Waals surface area contributed by atoms with Crippen LogP contribution in [0.25, 0.3) is 0 Å². The van der Waals surface area contributed by atoms with Crippen molar-refractivity contribution in [3.8, 4) is 11.5 Å². The highest BCUT2D eigenvalue weighted by Gasteiger charge is 2.25. The van der Waals surface area contributed by atoms with E-state index in [9.17, 15) is 19.8 Å². The number of hydrogen-bond acceptors (Lipinski definition) is 8. The first-order valence-electron chi connectivity index (χ1n) is 8.98. The van der Waals surface area contributed by atoms with Crippen LogP contribution in [0.5, 0.6) is 11.5 Å². The molecular weight excluding hydrogens is 354 g/mol. The van der Waals surface area contributed by atoms with Crippen molar-refractivity contribution in [1.82, 2.24) is 0 Å². The van der Waals surface area contributed by atoms with Crippen LogP contribution < -0.4 is 5.73 Å². The maximum absolute atomic E-state index is 12.1. The molecule has 4 atom stereocenters. The first kappa shape index (κ1) is 22.6. The standard InChI is InChI=1S/C19H29NO7/c1-5-6-11(2)25-19(24)27-13(4)12(3)26-18(23)15(20)9-14-7-8-16(21)17(22)10-14/h7-8,10-13,15,21-22H,5-6,9,20H2,1-4H3/t11?,12-,13+,15-/m0/s1. The first-order valence-corrected chi connectivity index (χ1v) is 8.98. The Labute approximate surface area is 159 Å². The molecule has 8 nitrogen and oxygen atoms in total. The fourth-order valence-electron chi connectivity index (χ4n) is 2.30. The summed E-state index contributed by atoms with van der Waals surface area (Å²) in [6.07, 6.45) is -0.751. The number of esters is 1. The van der Waals surface area contributed by atoms with Gasteiger partial charge in [-0.1, -0.05) is 19.4 Å². The van der Waals surface area contributed by atoms with Crippen molar-refractivity contribution in [3.05, 3.63) is 23.8 Å². The SMILES string of the molecule is CCCC(C)OC(=O)O[C@H](C)[C@H](C)OC(=O)[C@@H](N)Cc1ccc(O)c(O)c1. The van der Waals surface area contributed by atoms with E-state index in [1.54, 1.807) is 26.8 Å². The number of rotatable bonds is 9. The molecular formula is C19H29NO7. The van der Waals surface area contributed by atoms with Crippen molar-refractivity contribution < 1.29 is 34.0 Å². The molecule has 1 aromatic rings. The fraction of sp³-hybridized carbons (Fsp3) is 0.579. The number of hydrogen-bond donors (Lipinski definition) is 3. The second-order valence-corrected chi connectivity index (χ2v) is 6.57. The summed E-state index contributed by atoms with van der Waals surface area (Å²) in [7, 11) is 0. The van der Waals surface area contributed by atoms with Gasteiger partial charge in [0.05, 0.1) is 0 Å². The lowest BCUT2D eigenvalue weighted by Gasteiger charge is -2.23. The molecule has 0 amide bonds. The number of aromatic hydroxyl groups is 2. The Balaban J connectivity index is 2.49. The van der Waals surface area contributed by atoms with Crippen LogP contribution in [-0.4, -0.2) is 46.7 Å². The summed E-state index contributed by atoms with van der Waals surface area (Å²) in [4.78, 5) is 23.8. The lowest BCUT2D eigenvalue weighted by Crippen LogP contribution is -2.39. The smallest absolute Gasteiger partial charge is 0.504 e. The van der Waals surface area contributed by atoms with Gasteiger partial charge in [0.1, 0.15) is 24.4 Å². The number of benzene rings is 1. The van der Waals surface area contributed by atoms with E-state index in [0.29, 0.717) is 5.56 Å². The summed E-state index contributed by atoms with van der Waals surface area (Å²) in [5.74, 6) is -1.22. The molecule has 0 bridgehead atoms. The summed E-state index contributed by atoms with van der Waals surface area (Å²) < 4.78 is 15.5. The van der Waals surface area contributed by atoms with Gasteiger partial charge >= 0.3 is 12.1 Å². The Morgan fingerprint density at radius 3 is 2.26 bits per heavy atom. The normalized spacial score (nSPS) is 15.3. The highest BCUT2D eigenvalue weighted by Crippen LogP contribution is 2.25. The Hall–Kier alpha value is -2.48. The molecule has 1 aromatic carbocycles. The summed E-state index contributed by atoms with van der Waals surface area (Å²) >= 11 is 0. The molecule has 0 aromatic heterocycles. The summed E-state index contributed by atoms with van der Waals surface area (Å²) in [5.41, 5.74) is 6.40. The van der Waals surface area contributed by atoms with Crippen molar-refractivity contribution in [1.29, 1.82) is 0 Å². The van der Waals surface area contributed by atoms with Gasteiger partial charge in [-0.15, -0.1) is 0 Å². The molecule has 1 rings (SSSR count). The van der Waals surface area contributed by atoms with E-state index in [4.69, 9.17) is 19.9 Å². The predicted molar refractivity (Wildman–Crippen MR) is 98.4 cm³/mol. The van der Waals surface area contributed by atoms with E-state index in [2.05, 4.69) is 0 Å². The van der Waals surface area contributed by atoms with Crippen LogP contribution in [0.15, 0.2) is 18.2 Å². The number of phenolic OH excluding ortho intramolecular Hbond substituents is 2. The molecule has 0 aliphatic carbocycles. The van der Waals surface area contributed by atoms with Gasteiger partial charge in [0, 0.05) is 0 Å². The minimum Gasteiger partial charge on any atom is -0.504 e. The highest BCUT2D eigenvalue weighted by molar-refractivity contribution is 5.76. The number of carbonyl (C=O) groups excluding carboxylic acids is 2. The van der Waals surface area contributed by atoms with Crippen LogP contribution in [0.4, 0.5) is 4.79 Å². The van der Waals surface area contributed by atoms with Gasteiger partial charge in [-0.25, -0.2) is 4.79 Å². The Morgan fingerprint density at radius 2 is 1.67 bits per heavy atom. The van der Waals surface area contributed by atoms with E-state index in [0.717, 1.165) is 12.8 Å². The van der Waals surface area contributed by atoms with Crippen LogP contribution in [0.2, 0.25) is 0 Å². The quantitative estimate of drug-likeness (QED) is 0.438. The molecule has 0 fully saturated rings. The number of phenols is 2. The third-order valence-corrected chi connectivity index (χ3v) is 4.04. The van der Waals surface area contributed by atoms with Crippen molar-refractivity contribution >= 4 is 12.1 Å². The van der Waals surface area contributed by atoms with Crippen LogP contribution in [0.1, 0.15) is 46.1 Å². The Bertz CT molecular complexity index is 634. The third-order valence-electron chi connectivity index (χ3n) is 4.04. The zero-order chi connectivity index (χ0) is 20.6. The largest absolute Gasteiger partial charge is 0.508 e. The number of nitrogens with two attached hydrogens (primary N) is 1. The van der Waals surface area contributed by atoms with Crippen molar-refractivity contribution in [3.63, 3.8) is 0 Å². The lowest BCUT2D eigenvalue weighted by atomic mass is 10.1. The molecule has 0 saturated carbocycles. The Kier molecular flexibility index (Phi) is 8.87. The van der Waals surface area contributed by atoms with Gasteiger partial charge < -0.3 is 30.2 Å². The van der Waals surface area contributed by atoms with E-state index in [1.807, 2.05) is 6.92 Å². The summed E-state index contributed by atoms with van der Waals surface area (Å²) in [6, 6.07) is 3.21. The molecule has 1 unspecified atom stereocenters. The average Bonchev–Trinajstić information content (AvgIpc) is 2.57. The van der Waals surface area contributed by atoms with E-state index in [1.165, 1.54) is 12.1 Å². The molecule has 0 aliphatic rings. The first-order chi connectivity index (χ1) is 12.6. The van der Waals surface area contributed by atoms with Gasteiger partial charge in [-0.3, -0.25) is 4.79 Å². The zero-order valence-corrected chi connectivity index (χ0v) is 16.2. The molecule has 0 aliphatic heterocycles. The predicted octanol–water partition coefficient (Wildman–Crippen LogP) is 2.63. The summed E-state index contributed by atoms with van der Waals surface area (Å²) in [5, 5.41) is 18.8. The number of ether oxygens (including phenoxy) is 3. The molecule has 0 spiro atoms. The van der Waals surface area contributed by atoms with Crippen molar-refractivity contribution in [2.24, 2.45) is 5.73 Å². The highest BCUT2D eigenvalue weighted by atomic mass is 16.7. The van der Waals surface area contributed by atoms with Crippen LogP contribution in [0.3, 0.4) is 0 Å². The maximum atomic E-state index is 12.1. The second kappa shape index (κ2) is 10.6. The lowest BCUT2D eigenvalue weighted by molar-refractivity contribution is -0.155. The second-order valence-electron chi connectivity index (χ2n) is 6.57. The Morgan fingerprint density at radius 1 is 1.04 bits per heavy atom. The summed E-state index contributed by atoms with van der Waals surface area (Å²) in [6.45, 7) is 6.94. The molecule has 27 heavy (non-hydrogen) atoms. The van der Waals surface area contributed by atoms with E-state index >= 15 is 0 Å².